The Hall–Kier alpha value is -5.86. The van der Waals surface area contributed by atoms with Gasteiger partial charge in [-0.2, -0.15) is 0 Å². The van der Waals surface area contributed by atoms with Crippen LogP contribution in [0.15, 0.2) is 167 Å². The molecule has 0 atom stereocenters. The molecule has 206 valence electrons. The molecular weight excluding hydrogens is 536 g/mol. The summed E-state index contributed by atoms with van der Waals surface area (Å²) in [7, 11) is 0. The van der Waals surface area contributed by atoms with Gasteiger partial charge in [0, 0.05) is 27.1 Å². The average molecular weight is 563 g/mol. The van der Waals surface area contributed by atoms with Gasteiger partial charge in [0.2, 0.25) is 0 Å². The maximum absolute atomic E-state index is 6.74. The predicted molar refractivity (Wildman–Crippen MR) is 183 cm³/mol. The molecule has 44 heavy (non-hydrogen) atoms. The molecule has 0 aliphatic heterocycles. The van der Waals surface area contributed by atoms with E-state index in [0.29, 0.717) is 0 Å². The molecule has 0 aliphatic carbocycles. The van der Waals surface area contributed by atoms with Gasteiger partial charge < -0.3 is 8.83 Å². The fourth-order valence-corrected chi connectivity index (χ4v) is 6.52. The third-order valence-electron chi connectivity index (χ3n) is 8.69. The number of benzene rings is 7. The zero-order chi connectivity index (χ0) is 29.0. The lowest BCUT2D eigenvalue weighted by molar-refractivity contribution is 0.664. The number of hydrogen-bond acceptors (Lipinski definition) is 2. The Morgan fingerprint density at radius 2 is 0.750 bits per heavy atom. The van der Waals surface area contributed by atoms with Crippen molar-refractivity contribution in [2.45, 2.75) is 0 Å². The quantitative estimate of drug-likeness (QED) is 0.213. The Labute approximate surface area is 254 Å². The van der Waals surface area contributed by atoms with Crippen LogP contribution >= 0.6 is 0 Å². The minimum absolute atomic E-state index is 0.854. The van der Waals surface area contributed by atoms with Crippen LogP contribution in [0.4, 0.5) is 0 Å². The first-order valence-electron chi connectivity index (χ1n) is 14.9. The van der Waals surface area contributed by atoms with E-state index in [0.717, 1.165) is 66.1 Å². The summed E-state index contributed by atoms with van der Waals surface area (Å²) in [5, 5.41) is 4.28. The molecule has 0 bridgehead atoms. The highest BCUT2D eigenvalue weighted by atomic mass is 16.3. The first kappa shape index (κ1) is 24.7. The summed E-state index contributed by atoms with van der Waals surface area (Å²) < 4.78 is 13.3. The normalized spacial score (nSPS) is 11.6. The van der Waals surface area contributed by atoms with Gasteiger partial charge in [-0.15, -0.1) is 0 Å². The average Bonchev–Trinajstić information content (AvgIpc) is 3.65. The Kier molecular flexibility index (Phi) is 5.54. The van der Waals surface area contributed by atoms with Crippen molar-refractivity contribution < 1.29 is 8.83 Å². The minimum Gasteiger partial charge on any atom is -0.456 e. The molecule has 0 aliphatic rings. The first-order chi connectivity index (χ1) is 21.8. The molecule has 0 radical (unpaired) electrons. The maximum Gasteiger partial charge on any atom is 0.144 e. The van der Waals surface area contributed by atoms with Gasteiger partial charge in [0.1, 0.15) is 22.3 Å². The van der Waals surface area contributed by atoms with Crippen molar-refractivity contribution in [3.63, 3.8) is 0 Å². The van der Waals surface area contributed by atoms with Crippen LogP contribution in [0.1, 0.15) is 0 Å². The summed E-state index contributed by atoms with van der Waals surface area (Å²) in [4.78, 5) is 0. The molecule has 0 saturated heterocycles. The molecule has 2 heterocycles. The molecule has 2 heteroatoms. The molecule has 0 amide bonds. The lowest BCUT2D eigenvalue weighted by atomic mass is 9.93. The summed E-state index contributed by atoms with van der Waals surface area (Å²) in [5.41, 5.74) is 12.6. The zero-order valence-corrected chi connectivity index (χ0v) is 23.8. The van der Waals surface area contributed by atoms with Crippen LogP contribution in [0.5, 0.6) is 0 Å². The molecule has 2 aromatic heterocycles. The zero-order valence-electron chi connectivity index (χ0n) is 23.8. The Bertz CT molecular complexity index is 2440. The standard InChI is InChI=1S/C42H26O2/c1-4-10-27(11-5-1)30-16-18-31(19-17-30)40-41-36-25-33(29-14-8-3-9-15-29)21-23-38(36)43-39(41)26-35-34-24-32(28-12-6-2-7-13-28)20-22-37(34)44-42(35)40/h1-26H. The number of fused-ring (bicyclic) bond motifs is 6. The molecular formula is C42H26O2. The van der Waals surface area contributed by atoms with E-state index < -0.39 is 0 Å². The largest absolute Gasteiger partial charge is 0.456 e. The van der Waals surface area contributed by atoms with Crippen molar-refractivity contribution in [2.75, 3.05) is 0 Å². The van der Waals surface area contributed by atoms with Crippen LogP contribution < -0.4 is 0 Å². The number of rotatable bonds is 4. The third-order valence-corrected chi connectivity index (χ3v) is 8.69. The molecule has 0 unspecified atom stereocenters. The Morgan fingerprint density at radius 3 is 1.34 bits per heavy atom. The van der Waals surface area contributed by atoms with E-state index in [2.05, 4.69) is 140 Å². The van der Waals surface area contributed by atoms with Gasteiger partial charge in [-0.05, 0) is 69.3 Å². The van der Waals surface area contributed by atoms with Crippen molar-refractivity contribution in [1.82, 2.24) is 0 Å². The number of hydrogen-bond donors (Lipinski definition) is 0. The molecule has 9 rings (SSSR count). The monoisotopic (exact) mass is 562 g/mol. The third kappa shape index (κ3) is 3.96. The topological polar surface area (TPSA) is 26.3 Å². The van der Waals surface area contributed by atoms with Crippen molar-refractivity contribution in [3.8, 4) is 44.5 Å². The van der Waals surface area contributed by atoms with E-state index >= 15 is 0 Å². The SMILES string of the molecule is c1ccc(-c2ccc(-c3c4oc5ccc(-c6ccccc6)cc5c4cc4oc5ccc(-c6ccccc6)cc5c34)cc2)cc1. The molecule has 7 aromatic carbocycles. The van der Waals surface area contributed by atoms with Crippen LogP contribution in [0.2, 0.25) is 0 Å². The van der Waals surface area contributed by atoms with E-state index in [1.165, 1.54) is 22.3 Å². The maximum atomic E-state index is 6.74. The highest BCUT2D eigenvalue weighted by molar-refractivity contribution is 6.24. The van der Waals surface area contributed by atoms with Gasteiger partial charge in [0.15, 0.2) is 0 Å². The summed E-state index contributed by atoms with van der Waals surface area (Å²) in [5.74, 6) is 0. The molecule has 0 N–H and O–H groups in total. The van der Waals surface area contributed by atoms with Gasteiger partial charge in [-0.3, -0.25) is 0 Å². The van der Waals surface area contributed by atoms with E-state index in [-0.39, 0.29) is 0 Å². The summed E-state index contributed by atoms with van der Waals surface area (Å²) in [6.45, 7) is 0. The van der Waals surface area contributed by atoms with Gasteiger partial charge >= 0.3 is 0 Å². The van der Waals surface area contributed by atoms with E-state index in [4.69, 9.17) is 8.83 Å². The second-order valence-electron chi connectivity index (χ2n) is 11.3. The van der Waals surface area contributed by atoms with Crippen molar-refractivity contribution in [2.24, 2.45) is 0 Å². The van der Waals surface area contributed by atoms with Gasteiger partial charge in [-0.1, -0.05) is 127 Å². The summed E-state index contributed by atoms with van der Waals surface area (Å²) >= 11 is 0. The second kappa shape index (κ2) is 9.86. The molecule has 0 saturated carbocycles. The van der Waals surface area contributed by atoms with Crippen molar-refractivity contribution >= 4 is 43.9 Å². The molecule has 0 spiro atoms. The lowest BCUT2D eigenvalue weighted by Crippen LogP contribution is -1.84. The summed E-state index contributed by atoms with van der Waals surface area (Å²) in [6.07, 6.45) is 0. The lowest BCUT2D eigenvalue weighted by Gasteiger charge is -2.08. The predicted octanol–water partition coefficient (Wildman–Crippen LogP) is 12.2. The van der Waals surface area contributed by atoms with Gasteiger partial charge in [0.05, 0.1) is 0 Å². The Morgan fingerprint density at radius 1 is 0.295 bits per heavy atom. The van der Waals surface area contributed by atoms with Crippen LogP contribution in [0.3, 0.4) is 0 Å². The van der Waals surface area contributed by atoms with Crippen molar-refractivity contribution in [3.05, 3.63) is 158 Å². The molecule has 0 fully saturated rings. The summed E-state index contributed by atoms with van der Waals surface area (Å²) in [6, 6.07) is 55.4. The van der Waals surface area contributed by atoms with E-state index in [1.54, 1.807) is 0 Å². The second-order valence-corrected chi connectivity index (χ2v) is 11.3. The fraction of sp³-hybridized carbons (Fsp3) is 0. The molecule has 9 aromatic rings. The minimum atomic E-state index is 0.854. The van der Waals surface area contributed by atoms with Crippen LogP contribution in [-0.2, 0) is 0 Å². The number of furan rings is 2. The van der Waals surface area contributed by atoms with Crippen LogP contribution in [0, 0.1) is 0 Å². The highest BCUT2D eigenvalue weighted by Gasteiger charge is 2.22. The van der Waals surface area contributed by atoms with E-state index in [9.17, 15) is 0 Å². The van der Waals surface area contributed by atoms with Gasteiger partial charge in [-0.25, -0.2) is 0 Å². The van der Waals surface area contributed by atoms with E-state index in [1.807, 2.05) is 18.2 Å². The van der Waals surface area contributed by atoms with Crippen molar-refractivity contribution in [1.29, 1.82) is 0 Å². The highest BCUT2D eigenvalue weighted by Crippen LogP contribution is 2.46. The van der Waals surface area contributed by atoms with Gasteiger partial charge in [0.25, 0.3) is 0 Å². The molecule has 2 nitrogen and oxygen atoms in total. The Balaban J connectivity index is 1.34. The first-order valence-corrected chi connectivity index (χ1v) is 14.9. The van der Waals surface area contributed by atoms with Crippen LogP contribution in [0.25, 0.3) is 88.4 Å². The van der Waals surface area contributed by atoms with Crippen LogP contribution in [-0.4, -0.2) is 0 Å². The smallest absolute Gasteiger partial charge is 0.144 e. The fourth-order valence-electron chi connectivity index (χ4n) is 6.52.